The Hall–Kier alpha value is -2.53. The molecule has 1 aliphatic rings. The van der Waals surface area contributed by atoms with E-state index in [1.165, 1.54) is 0 Å². The normalized spacial score (nSPS) is 15.4. The summed E-state index contributed by atoms with van der Waals surface area (Å²) < 4.78 is 11.2. The van der Waals surface area contributed by atoms with Gasteiger partial charge >= 0.3 is 0 Å². The fraction of sp³-hybridized carbons (Fsp3) is 0.381. The van der Waals surface area contributed by atoms with Crippen molar-refractivity contribution in [3.8, 4) is 5.75 Å². The summed E-state index contributed by atoms with van der Waals surface area (Å²) in [7, 11) is 0. The molecule has 0 bridgehead atoms. The molecule has 1 fully saturated rings. The zero-order valence-electron chi connectivity index (χ0n) is 15.4. The van der Waals surface area contributed by atoms with E-state index in [1.54, 1.807) is 0 Å². The lowest BCUT2D eigenvalue weighted by atomic mass is 10.2. The molecular formula is C21H26N2O3. The summed E-state index contributed by atoms with van der Waals surface area (Å²) >= 11 is 0. The van der Waals surface area contributed by atoms with Gasteiger partial charge in [-0.3, -0.25) is 4.79 Å². The number of nitrogens with one attached hydrogen (secondary N) is 1. The van der Waals surface area contributed by atoms with Crippen LogP contribution in [0.5, 0.6) is 5.75 Å². The van der Waals surface area contributed by atoms with Crippen molar-refractivity contribution in [2.45, 2.75) is 26.4 Å². The van der Waals surface area contributed by atoms with Gasteiger partial charge in [-0.2, -0.15) is 0 Å². The number of aryl methyl sites for hydroxylation is 1. The fourth-order valence-electron chi connectivity index (χ4n) is 2.90. The topological polar surface area (TPSA) is 50.8 Å². The maximum Gasteiger partial charge on any atom is 0.265 e. The maximum atomic E-state index is 12.5. The highest BCUT2D eigenvalue weighted by Crippen LogP contribution is 2.20. The van der Waals surface area contributed by atoms with Crippen molar-refractivity contribution >= 4 is 17.3 Å². The minimum atomic E-state index is -0.517. The minimum Gasteiger partial charge on any atom is -0.481 e. The van der Waals surface area contributed by atoms with Crippen LogP contribution >= 0.6 is 0 Å². The van der Waals surface area contributed by atoms with E-state index in [9.17, 15) is 4.79 Å². The van der Waals surface area contributed by atoms with Crippen molar-refractivity contribution in [3.63, 3.8) is 0 Å². The molecule has 2 aromatic rings. The first-order chi connectivity index (χ1) is 12.7. The average molecular weight is 354 g/mol. The largest absolute Gasteiger partial charge is 0.481 e. The highest BCUT2D eigenvalue weighted by atomic mass is 16.5. The molecule has 5 heteroatoms. The van der Waals surface area contributed by atoms with Crippen LogP contribution in [-0.2, 0) is 9.53 Å². The first-order valence-electron chi connectivity index (χ1n) is 9.12. The number of hydrogen-bond acceptors (Lipinski definition) is 4. The van der Waals surface area contributed by atoms with E-state index in [4.69, 9.17) is 9.47 Å². The van der Waals surface area contributed by atoms with Crippen LogP contribution in [0.4, 0.5) is 11.4 Å². The Morgan fingerprint density at radius 2 is 1.77 bits per heavy atom. The van der Waals surface area contributed by atoms with E-state index in [-0.39, 0.29) is 5.91 Å². The molecule has 1 atom stereocenters. The quantitative estimate of drug-likeness (QED) is 0.861. The molecule has 0 radical (unpaired) electrons. The molecule has 2 aromatic carbocycles. The second-order valence-electron chi connectivity index (χ2n) is 6.46. The van der Waals surface area contributed by atoms with E-state index in [2.05, 4.69) is 10.2 Å². The van der Waals surface area contributed by atoms with Crippen LogP contribution < -0.4 is 15.0 Å². The number of carbonyl (C=O) groups is 1. The van der Waals surface area contributed by atoms with Gasteiger partial charge < -0.3 is 19.7 Å². The zero-order chi connectivity index (χ0) is 18.4. The third-order valence-corrected chi connectivity index (χ3v) is 4.47. The molecule has 0 spiro atoms. The van der Waals surface area contributed by atoms with Crippen LogP contribution in [0.1, 0.15) is 18.9 Å². The van der Waals surface area contributed by atoms with Crippen LogP contribution in [0, 0.1) is 6.92 Å². The third kappa shape index (κ3) is 4.76. The monoisotopic (exact) mass is 354 g/mol. The Bertz CT molecular complexity index is 707. The molecule has 5 nitrogen and oxygen atoms in total. The number of ether oxygens (including phenoxy) is 2. The fourth-order valence-corrected chi connectivity index (χ4v) is 2.90. The lowest BCUT2D eigenvalue weighted by Gasteiger charge is -2.29. The molecule has 138 valence electrons. The van der Waals surface area contributed by atoms with Gasteiger partial charge in [0.1, 0.15) is 5.75 Å². The van der Waals surface area contributed by atoms with E-state index in [0.717, 1.165) is 43.2 Å². The van der Waals surface area contributed by atoms with Crippen molar-refractivity contribution in [1.29, 1.82) is 0 Å². The van der Waals surface area contributed by atoms with Crippen LogP contribution in [0.25, 0.3) is 0 Å². The summed E-state index contributed by atoms with van der Waals surface area (Å²) in [6.45, 7) is 7.27. The molecule has 1 amide bonds. The van der Waals surface area contributed by atoms with Crippen molar-refractivity contribution in [2.24, 2.45) is 0 Å². The minimum absolute atomic E-state index is 0.132. The molecule has 1 heterocycles. The van der Waals surface area contributed by atoms with E-state index >= 15 is 0 Å². The zero-order valence-corrected chi connectivity index (χ0v) is 15.4. The number of anilines is 2. The van der Waals surface area contributed by atoms with Gasteiger partial charge in [-0.15, -0.1) is 0 Å². The van der Waals surface area contributed by atoms with Gasteiger partial charge in [0.25, 0.3) is 5.91 Å². The molecule has 0 saturated carbocycles. The lowest BCUT2D eigenvalue weighted by Crippen LogP contribution is -2.36. The number of benzene rings is 2. The summed E-state index contributed by atoms with van der Waals surface area (Å²) in [5.74, 6) is 0.576. The van der Waals surface area contributed by atoms with E-state index < -0.39 is 6.10 Å². The predicted molar refractivity (Wildman–Crippen MR) is 104 cm³/mol. The van der Waals surface area contributed by atoms with Gasteiger partial charge in [0.15, 0.2) is 6.10 Å². The Labute approximate surface area is 154 Å². The number of amides is 1. The van der Waals surface area contributed by atoms with Crippen molar-refractivity contribution in [1.82, 2.24) is 0 Å². The first-order valence-corrected chi connectivity index (χ1v) is 9.12. The molecule has 26 heavy (non-hydrogen) atoms. The van der Waals surface area contributed by atoms with Gasteiger partial charge in [-0.05, 0) is 49.7 Å². The lowest BCUT2D eigenvalue weighted by molar-refractivity contribution is -0.122. The van der Waals surface area contributed by atoms with Crippen molar-refractivity contribution < 1.29 is 14.3 Å². The highest BCUT2D eigenvalue weighted by molar-refractivity contribution is 5.94. The van der Waals surface area contributed by atoms with Gasteiger partial charge in [0.2, 0.25) is 0 Å². The molecule has 1 saturated heterocycles. The summed E-state index contributed by atoms with van der Waals surface area (Å²) in [5, 5.41) is 2.95. The molecule has 0 aliphatic carbocycles. The van der Waals surface area contributed by atoms with E-state index in [0.29, 0.717) is 12.2 Å². The Morgan fingerprint density at radius 1 is 1.12 bits per heavy atom. The Kier molecular flexibility index (Phi) is 6.12. The molecule has 1 aliphatic heterocycles. The molecule has 0 unspecified atom stereocenters. The standard InChI is InChI=1S/C21H26N2O3/c1-3-20(26-19-10-4-16(2)5-11-19)21(24)22-17-6-8-18(9-7-17)23-12-14-25-15-13-23/h4-11,20H,3,12-15H2,1-2H3,(H,22,24)/t20-/m1/s1. The summed E-state index contributed by atoms with van der Waals surface area (Å²) in [6.07, 6.45) is 0.0857. The van der Waals surface area contributed by atoms with Crippen molar-refractivity contribution in [2.75, 3.05) is 36.5 Å². The van der Waals surface area contributed by atoms with Crippen molar-refractivity contribution in [3.05, 3.63) is 54.1 Å². The van der Waals surface area contributed by atoms with Gasteiger partial charge in [0.05, 0.1) is 13.2 Å². The number of hydrogen-bond donors (Lipinski definition) is 1. The smallest absolute Gasteiger partial charge is 0.265 e. The molecular weight excluding hydrogens is 328 g/mol. The number of nitrogens with zero attached hydrogens (tertiary/aromatic N) is 1. The third-order valence-electron chi connectivity index (χ3n) is 4.47. The Morgan fingerprint density at radius 3 is 2.38 bits per heavy atom. The van der Waals surface area contributed by atoms with Crippen LogP contribution in [-0.4, -0.2) is 38.3 Å². The van der Waals surface area contributed by atoms with E-state index in [1.807, 2.05) is 62.4 Å². The van der Waals surface area contributed by atoms with Crippen LogP contribution in [0.3, 0.4) is 0 Å². The predicted octanol–water partition coefficient (Wildman–Crippen LogP) is 3.63. The molecule has 1 N–H and O–H groups in total. The number of rotatable bonds is 6. The van der Waals surface area contributed by atoms with Gasteiger partial charge in [-0.25, -0.2) is 0 Å². The summed E-state index contributed by atoms with van der Waals surface area (Å²) in [5.41, 5.74) is 3.09. The molecule has 0 aromatic heterocycles. The average Bonchev–Trinajstić information content (AvgIpc) is 2.68. The van der Waals surface area contributed by atoms with Crippen LogP contribution in [0.2, 0.25) is 0 Å². The number of morpholine rings is 1. The maximum absolute atomic E-state index is 12.5. The Balaban J connectivity index is 1.59. The summed E-state index contributed by atoms with van der Waals surface area (Å²) in [4.78, 5) is 14.8. The second-order valence-corrected chi connectivity index (χ2v) is 6.46. The second kappa shape index (κ2) is 8.72. The molecule has 3 rings (SSSR count). The number of carbonyl (C=O) groups excluding carboxylic acids is 1. The highest BCUT2D eigenvalue weighted by Gasteiger charge is 2.19. The van der Waals surface area contributed by atoms with Gasteiger partial charge in [0, 0.05) is 24.5 Å². The van der Waals surface area contributed by atoms with Crippen LogP contribution in [0.15, 0.2) is 48.5 Å². The first kappa shape index (κ1) is 18.3. The summed E-state index contributed by atoms with van der Waals surface area (Å²) in [6, 6.07) is 15.7. The van der Waals surface area contributed by atoms with Gasteiger partial charge in [-0.1, -0.05) is 24.6 Å². The SMILES string of the molecule is CC[C@@H](Oc1ccc(C)cc1)C(=O)Nc1ccc(N2CCOCC2)cc1.